The summed E-state index contributed by atoms with van der Waals surface area (Å²) in [5.41, 5.74) is 7.66. The second-order valence-electron chi connectivity index (χ2n) is 6.00. The van der Waals surface area contributed by atoms with Crippen molar-refractivity contribution in [2.24, 2.45) is 17.6 Å². The summed E-state index contributed by atoms with van der Waals surface area (Å²) in [5.74, 6) is 1.72. The van der Waals surface area contributed by atoms with E-state index in [4.69, 9.17) is 11.1 Å². The molecule has 0 radical (unpaired) electrons. The van der Waals surface area contributed by atoms with Gasteiger partial charge in [-0.25, -0.2) is 0 Å². The molecule has 1 unspecified atom stereocenters. The first-order valence-corrected chi connectivity index (χ1v) is 8.17. The van der Waals surface area contributed by atoms with Gasteiger partial charge < -0.3 is 10.6 Å². The van der Waals surface area contributed by atoms with E-state index in [0.29, 0.717) is 0 Å². The maximum absolute atomic E-state index is 7.76. The van der Waals surface area contributed by atoms with Gasteiger partial charge in [-0.1, -0.05) is 29.8 Å². The number of nitrogen functional groups attached to an aromatic ring is 1. The average molecular weight is 338 g/mol. The van der Waals surface area contributed by atoms with Gasteiger partial charge in [0.25, 0.3) is 0 Å². The molecule has 1 atom stereocenters. The molecule has 3 N–H and O–H groups in total. The van der Waals surface area contributed by atoms with Gasteiger partial charge in [-0.05, 0) is 49.3 Å². The lowest BCUT2D eigenvalue weighted by Gasteiger charge is -2.26. The predicted molar refractivity (Wildman–Crippen MR) is 89.6 cm³/mol. The summed E-state index contributed by atoms with van der Waals surface area (Å²) in [7, 11) is 0. The first-order valence-electron chi connectivity index (χ1n) is 7.38. The number of hydrogen-bond acceptors (Lipinski definition) is 2. The van der Waals surface area contributed by atoms with Crippen molar-refractivity contribution in [3.63, 3.8) is 0 Å². The number of nitrogens with one attached hydrogen (secondary N) is 1. The molecule has 4 heteroatoms. The van der Waals surface area contributed by atoms with Crippen LogP contribution in [-0.2, 0) is 0 Å². The molecule has 1 fully saturated rings. The fraction of sp³-hybridized carbons (Fsp3) is 0.562. The van der Waals surface area contributed by atoms with Crippen molar-refractivity contribution in [3.8, 4) is 0 Å². The van der Waals surface area contributed by atoms with Gasteiger partial charge in [-0.3, -0.25) is 5.41 Å². The number of nitrogens with two attached hydrogens (primary N) is 1. The number of hydrogen-bond donors (Lipinski definition) is 2. The zero-order valence-corrected chi connectivity index (χ0v) is 13.9. The quantitative estimate of drug-likeness (QED) is 0.647. The zero-order chi connectivity index (χ0) is 14.7. The maximum Gasteiger partial charge on any atom is 0.124 e. The predicted octanol–water partition coefficient (Wildman–Crippen LogP) is 4.00. The lowest BCUT2D eigenvalue weighted by molar-refractivity contribution is 0.351. The Kier molecular flexibility index (Phi) is 5.08. The molecule has 1 aliphatic heterocycles. The van der Waals surface area contributed by atoms with Gasteiger partial charge in [0.05, 0.1) is 0 Å². The molecule has 1 saturated heterocycles. The SMILES string of the molecule is CC(C)C1CCCN(c2cc(Br)ccc2C(=N)N)CC1. The smallest absolute Gasteiger partial charge is 0.124 e. The van der Waals surface area contributed by atoms with Crippen LogP contribution in [0.5, 0.6) is 0 Å². The van der Waals surface area contributed by atoms with Crippen molar-refractivity contribution in [1.82, 2.24) is 0 Å². The zero-order valence-electron chi connectivity index (χ0n) is 12.3. The number of benzene rings is 1. The summed E-state index contributed by atoms with van der Waals surface area (Å²) in [6.45, 7) is 6.75. The third-order valence-electron chi connectivity index (χ3n) is 4.31. The first kappa shape index (κ1) is 15.4. The highest BCUT2D eigenvalue weighted by Crippen LogP contribution is 2.30. The van der Waals surface area contributed by atoms with E-state index in [2.05, 4.69) is 40.7 Å². The summed E-state index contributed by atoms with van der Waals surface area (Å²) in [4.78, 5) is 2.39. The van der Waals surface area contributed by atoms with Gasteiger partial charge in [0.2, 0.25) is 0 Å². The van der Waals surface area contributed by atoms with Gasteiger partial charge in [-0.15, -0.1) is 0 Å². The Balaban J connectivity index is 2.23. The Morgan fingerprint density at radius 1 is 1.35 bits per heavy atom. The molecule has 1 aromatic carbocycles. The van der Waals surface area contributed by atoms with Crippen molar-refractivity contribution in [3.05, 3.63) is 28.2 Å². The molecule has 0 spiro atoms. The van der Waals surface area contributed by atoms with E-state index in [-0.39, 0.29) is 5.84 Å². The molecular weight excluding hydrogens is 314 g/mol. The number of nitrogens with zero attached hydrogens (tertiary/aromatic N) is 1. The fourth-order valence-electron chi connectivity index (χ4n) is 3.02. The van der Waals surface area contributed by atoms with E-state index in [1.807, 2.05) is 12.1 Å². The second kappa shape index (κ2) is 6.61. The van der Waals surface area contributed by atoms with Crippen molar-refractivity contribution in [2.45, 2.75) is 33.1 Å². The normalized spacial score (nSPS) is 20.0. The highest BCUT2D eigenvalue weighted by atomic mass is 79.9. The largest absolute Gasteiger partial charge is 0.384 e. The molecule has 1 aromatic rings. The molecule has 110 valence electrons. The lowest BCUT2D eigenvalue weighted by Crippen LogP contribution is -2.27. The van der Waals surface area contributed by atoms with Crippen molar-refractivity contribution >= 4 is 27.5 Å². The van der Waals surface area contributed by atoms with Crippen LogP contribution in [0, 0.1) is 17.2 Å². The second-order valence-corrected chi connectivity index (χ2v) is 6.91. The Hall–Kier alpha value is -1.03. The third kappa shape index (κ3) is 3.54. The molecule has 0 amide bonds. The van der Waals surface area contributed by atoms with Gasteiger partial charge in [0.1, 0.15) is 5.84 Å². The molecular formula is C16H24BrN3. The standard InChI is InChI=1S/C16H24BrN3/c1-11(2)12-4-3-8-20(9-7-12)15-10-13(17)5-6-14(15)16(18)19/h5-6,10-12H,3-4,7-9H2,1-2H3,(H3,18,19). The highest BCUT2D eigenvalue weighted by molar-refractivity contribution is 9.10. The summed E-state index contributed by atoms with van der Waals surface area (Å²) < 4.78 is 1.04. The van der Waals surface area contributed by atoms with E-state index in [1.54, 1.807) is 0 Å². The van der Waals surface area contributed by atoms with E-state index in [1.165, 1.54) is 19.3 Å². The van der Waals surface area contributed by atoms with Crippen molar-refractivity contribution in [2.75, 3.05) is 18.0 Å². The minimum Gasteiger partial charge on any atom is -0.384 e. The van der Waals surface area contributed by atoms with E-state index >= 15 is 0 Å². The van der Waals surface area contributed by atoms with Crippen molar-refractivity contribution in [1.29, 1.82) is 5.41 Å². The summed E-state index contributed by atoms with van der Waals surface area (Å²) >= 11 is 3.53. The van der Waals surface area contributed by atoms with Crippen LogP contribution in [0.15, 0.2) is 22.7 Å². The Bertz CT molecular complexity index is 485. The molecule has 0 aliphatic carbocycles. The van der Waals surface area contributed by atoms with Crippen molar-refractivity contribution < 1.29 is 0 Å². The molecule has 2 rings (SSSR count). The topological polar surface area (TPSA) is 53.1 Å². The average Bonchev–Trinajstić information content (AvgIpc) is 2.63. The minimum atomic E-state index is 0.150. The Morgan fingerprint density at radius 2 is 2.10 bits per heavy atom. The highest BCUT2D eigenvalue weighted by Gasteiger charge is 2.21. The molecule has 1 heterocycles. The van der Waals surface area contributed by atoms with E-state index < -0.39 is 0 Å². The Labute approximate surface area is 130 Å². The summed E-state index contributed by atoms with van der Waals surface area (Å²) in [6.07, 6.45) is 3.74. The fourth-order valence-corrected chi connectivity index (χ4v) is 3.37. The van der Waals surface area contributed by atoms with Gasteiger partial charge >= 0.3 is 0 Å². The molecule has 0 saturated carbocycles. The molecule has 3 nitrogen and oxygen atoms in total. The Morgan fingerprint density at radius 3 is 2.75 bits per heavy atom. The van der Waals surface area contributed by atoms with Crippen LogP contribution in [-0.4, -0.2) is 18.9 Å². The number of anilines is 1. The van der Waals surface area contributed by atoms with E-state index in [0.717, 1.165) is 40.6 Å². The summed E-state index contributed by atoms with van der Waals surface area (Å²) in [6, 6.07) is 5.98. The van der Waals surface area contributed by atoms with Gasteiger partial charge in [-0.2, -0.15) is 0 Å². The van der Waals surface area contributed by atoms with Crippen LogP contribution >= 0.6 is 15.9 Å². The van der Waals surface area contributed by atoms with Gasteiger partial charge in [0, 0.05) is 28.8 Å². The number of rotatable bonds is 3. The van der Waals surface area contributed by atoms with Crippen LogP contribution in [0.1, 0.15) is 38.7 Å². The molecule has 0 aromatic heterocycles. The van der Waals surface area contributed by atoms with Crippen LogP contribution < -0.4 is 10.6 Å². The maximum atomic E-state index is 7.76. The third-order valence-corrected chi connectivity index (χ3v) is 4.80. The first-order chi connectivity index (χ1) is 9.49. The van der Waals surface area contributed by atoms with Gasteiger partial charge in [0.15, 0.2) is 0 Å². The summed E-state index contributed by atoms with van der Waals surface area (Å²) in [5, 5.41) is 7.76. The minimum absolute atomic E-state index is 0.150. The van der Waals surface area contributed by atoms with Crippen LogP contribution in [0.3, 0.4) is 0 Å². The molecule has 20 heavy (non-hydrogen) atoms. The molecule has 0 bridgehead atoms. The number of amidine groups is 1. The monoisotopic (exact) mass is 337 g/mol. The van der Waals surface area contributed by atoms with Crippen LogP contribution in [0.2, 0.25) is 0 Å². The van der Waals surface area contributed by atoms with Crippen LogP contribution in [0.25, 0.3) is 0 Å². The number of halogens is 1. The molecule has 1 aliphatic rings. The lowest BCUT2D eigenvalue weighted by atomic mass is 9.89. The van der Waals surface area contributed by atoms with Crippen LogP contribution in [0.4, 0.5) is 5.69 Å². The van der Waals surface area contributed by atoms with E-state index in [9.17, 15) is 0 Å².